The summed E-state index contributed by atoms with van der Waals surface area (Å²) >= 11 is 0. The van der Waals surface area contributed by atoms with Crippen molar-refractivity contribution in [2.75, 3.05) is 26.3 Å². The summed E-state index contributed by atoms with van der Waals surface area (Å²) in [7, 11) is 0. The van der Waals surface area contributed by atoms with Gasteiger partial charge in [0.1, 0.15) is 0 Å². The molecule has 0 atom stereocenters. The minimum atomic E-state index is -1.50. The molecule has 1 N–H and O–H groups in total. The lowest BCUT2D eigenvalue weighted by Crippen LogP contribution is -2.42. The molecule has 7 nitrogen and oxygen atoms in total. The van der Waals surface area contributed by atoms with Crippen LogP contribution in [0.25, 0.3) is 0 Å². The van der Waals surface area contributed by atoms with Crippen molar-refractivity contribution in [2.24, 2.45) is 10.9 Å². The Bertz CT molecular complexity index is 409. The van der Waals surface area contributed by atoms with Crippen LogP contribution in [-0.4, -0.2) is 53.4 Å². The highest BCUT2D eigenvalue weighted by Gasteiger charge is 2.23. The Hall–Kier alpha value is -1.37. The highest BCUT2D eigenvalue weighted by molar-refractivity contribution is 5.83. The van der Waals surface area contributed by atoms with Gasteiger partial charge >= 0.3 is 0 Å². The van der Waals surface area contributed by atoms with Crippen LogP contribution in [0, 0.1) is 16.0 Å². The first kappa shape index (κ1) is 19.9. The molecular formula is C18H33N3O4. The lowest BCUT2D eigenvalue weighted by atomic mass is 9.86. The first-order valence-corrected chi connectivity index (χ1v) is 9.88. The van der Waals surface area contributed by atoms with Crippen LogP contribution >= 0.6 is 0 Å². The van der Waals surface area contributed by atoms with Gasteiger partial charge in [0.25, 0.3) is 5.09 Å². The molecule has 7 heteroatoms. The van der Waals surface area contributed by atoms with Gasteiger partial charge in [-0.2, -0.15) is 0 Å². The number of rotatable bonds is 3. The van der Waals surface area contributed by atoms with E-state index < -0.39 is 5.09 Å². The van der Waals surface area contributed by atoms with E-state index in [4.69, 9.17) is 25.1 Å². The van der Waals surface area contributed by atoms with Crippen molar-refractivity contribution in [1.82, 2.24) is 4.90 Å². The molecule has 3 rings (SSSR count). The summed E-state index contributed by atoms with van der Waals surface area (Å²) in [6, 6.07) is 0.611. The average Bonchev–Trinajstić information content (AvgIpc) is 2.63. The van der Waals surface area contributed by atoms with E-state index in [0.29, 0.717) is 6.04 Å². The van der Waals surface area contributed by atoms with Crippen molar-refractivity contribution in [2.45, 2.75) is 76.7 Å². The van der Waals surface area contributed by atoms with Gasteiger partial charge in [-0.05, 0) is 18.8 Å². The zero-order chi connectivity index (χ0) is 17.9. The number of nitrogens with zero attached hydrogens (tertiary/aromatic N) is 3. The smallest absolute Gasteiger partial charge is 0.291 e. The van der Waals surface area contributed by atoms with Crippen LogP contribution in [0.1, 0.15) is 70.6 Å². The summed E-state index contributed by atoms with van der Waals surface area (Å²) in [6.45, 7) is 3.87. The maximum atomic E-state index is 8.36. The van der Waals surface area contributed by atoms with Gasteiger partial charge in [0, 0.05) is 19.5 Å². The highest BCUT2D eigenvalue weighted by Crippen LogP contribution is 2.28. The lowest BCUT2D eigenvalue weighted by molar-refractivity contribution is -0.742. The monoisotopic (exact) mass is 355 g/mol. The molecule has 0 amide bonds. The molecule has 3 fully saturated rings. The third-order valence-corrected chi connectivity index (χ3v) is 5.48. The fourth-order valence-corrected chi connectivity index (χ4v) is 4.16. The largest absolute Gasteiger partial charge is 0.378 e. The van der Waals surface area contributed by atoms with E-state index in [2.05, 4.69) is 4.90 Å². The van der Waals surface area contributed by atoms with Crippen molar-refractivity contribution >= 4 is 5.84 Å². The minimum absolute atomic E-state index is 0.611. The highest BCUT2D eigenvalue weighted by atomic mass is 16.9. The molecule has 0 aromatic heterocycles. The number of ether oxygens (including phenoxy) is 1. The second-order valence-corrected chi connectivity index (χ2v) is 7.38. The van der Waals surface area contributed by atoms with Gasteiger partial charge in [-0.1, -0.05) is 51.4 Å². The van der Waals surface area contributed by atoms with Crippen molar-refractivity contribution < 1.29 is 15.0 Å². The molecule has 0 spiro atoms. The Morgan fingerprint density at radius 2 is 1.56 bits per heavy atom. The van der Waals surface area contributed by atoms with E-state index in [1.807, 2.05) is 0 Å². The van der Waals surface area contributed by atoms with Crippen molar-refractivity contribution in [3.63, 3.8) is 0 Å². The van der Waals surface area contributed by atoms with Crippen molar-refractivity contribution in [3.05, 3.63) is 10.1 Å². The van der Waals surface area contributed by atoms with Crippen molar-refractivity contribution in [1.29, 1.82) is 0 Å². The van der Waals surface area contributed by atoms with E-state index in [9.17, 15) is 0 Å². The predicted molar refractivity (Wildman–Crippen MR) is 96.7 cm³/mol. The van der Waals surface area contributed by atoms with Crippen LogP contribution in [0.5, 0.6) is 0 Å². The molecule has 0 unspecified atom stereocenters. The van der Waals surface area contributed by atoms with Gasteiger partial charge < -0.3 is 14.8 Å². The van der Waals surface area contributed by atoms with Crippen molar-refractivity contribution in [3.8, 4) is 0 Å². The van der Waals surface area contributed by atoms with Gasteiger partial charge in [0.15, 0.2) is 0 Å². The van der Waals surface area contributed by atoms with Crippen LogP contribution in [0.2, 0.25) is 0 Å². The van der Waals surface area contributed by atoms with E-state index in [1.165, 1.54) is 76.5 Å². The molecule has 144 valence electrons. The molecule has 1 heterocycles. The maximum Gasteiger partial charge on any atom is 0.291 e. The minimum Gasteiger partial charge on any atom is -0.378 e. The molecule has 0 aromatic carbocycles. The van der Waals surface area contributed by atoms with Crippen LogP contribution in [0.3, 0.4) is 0 Å². The third-order valence-electron chi connectivity index (χ3n) is 5.48. The molecule has 1 saturated heterocycles. The maximum absolute atomic E-state index is 8.36. The molecule has 2 saturated carbocycles. The summed E-state index contributed by atoms with van der Waals surface area (Å²) in [5.74, 6) is 2.32. The number of amidine groups is 1. The Morgan fingerprint density at radius 3 is 2.12 bits per heavy atom. The van der Waals surface area contributed by atoms with Gasteiger partial charge in [0.05, 0.1) is 25.1 Å². The molecule has 3 aliphatic rings. The first-order valence-electron chi connectivity index (χ1n) is 9.88. The topological polar surface area (TPSA) is 88.2 Å². The molecule has 1 aliphatic heterocycles. The fraction of sp³-hybridized carbons (Fsp3) is 0.944. The quantitative estimate of drug-likeness (QED) is 0.361. The first-order chi connectivity index (χ1) is 12.1. The molecule has 0 aromatic rings. The van der Waals surface area contributed by atoms with Crippen LogP contribution < -0.4 is 0 Å². The van der Waals surface area contributed by atoms with Crippen LogP contribution in [0.4, 0.5) is 0 Å². The zero-order valence-corrected chi connectivity index (χ0v) is 15.3. The molecule has 2 aliphatic carbocycles. The molecule has 25 heavy (non-hydrogen) atoms. The van der Waals surface area contributed by atoms with Gasteiger partial charge in [0.2, 0.25) is 0 Å². The zero-order valence-electron chi connectivity index (χ0n) is 15.3. The average molecular weight is 355 g/mol. The third kappa shape index (κ3) is 8.03. The standard InChI is InChI=1S/C18H32N2O.HNO3/c1-3-7-16(8-4-1)15-18(20-11-13-21-14-12-20)19-17-9-5-2-6-10-17;2-1(3)4/h16-17H,1-15H2;(H,2,3,4). The Labute approximate surface area is 150 Å². The van der Waals surface area contributed by atoms with Crippen LogP contribution in [-0.2, 0) is 4.74 Å². The Balaban J connectivity index is 0.000000511. The lowest BCUT2D eigenvalue weighted by Gasteiger charge is -2.34. The Kier molecular flexibility index (Phi) is 9.00. The number of hydrogen-bond donors (Lipinski definition) is 1. The molecular weight excluding hydrogens is 322 g/mol. The van der Waals surface area contributed by atoms with Gasteiger partial charge in [-0.25, -0.2) is 0 Å². The summed E-state index contributed by atoms with van der Waals surface area (Å²) in [5.41, 5.74) is 0. The second kappa shape index (κ2) is 11.3. The van der Waals surface area contributed by atoms with Gasteiger partial charge in [-0.15, -0.1) is 10.1 Å². The van der Waals surface area contributed by atoms with E-state index in [1.54, 1.807) is 0 Å². The second-order valence-electron chi connectivity index (χ2n) is 7.38. The van der Waals surface area contributed by atoms with E-state index in [-0.39, 0.29) is 0 Å². The summed E-state index contributed by atoms with van der Waals surface area (Å²) in [5, 5.41) is 13.6. The van der Waals surface area contributed by atoms with E-state index in [0.717, 1.165) is 32.2 Å². The number of morpholine rings is 1. The van der Waals surface area contributed by atoms with E-state index >= 15 is 0 Å². The van der Waals surface area contributed by atoms with Crippen LogP contribution in [0.15, 0.2) is 4.99 Å². The number of hydrogen-bond acceptors (Lipinski definition) is 4. The molecule has 0 bridgehead atoms. The summed E-state index contributed by atoms with van der Waals surface area (Å²) in [6.07, 6.45) is 15.2. The number of aliphatic imine (C=N–C) groups is 1. The normalized spacial score (nSPS) is 23.7. The summed E-state index contributed by atoms with van der Waals surface area (Å²) in [4.78, 5) is 16.1. The molecule has 0 radical (unpaired) electrons. The SMILES string of the molecule is C1CCC(CC(=NC2CCCCC2)N2CCOCC2)CC1.O=[N+]([O-])O. The fourth-order valence-electron chi connectivity index (χ4n) is 4.16. The Morgan fingerprint density at radius 1 is 1.04 bits per heavy atom. The van der Waals surface area contributed by atoms with Gasteiger partial charge in [-0.3, -0.25) is 4.99 Å². The predicted octanol–water partition coefficient (Wildman–Crippen LogP) is 3.67. The summed E-state index contributed by atoms with van der Waals surface area (Å²) < 4.78 is 5.53.